The van der Waals surface area contributed by atoms with Crippen molar-refractivity contribution in [3.8, 4) is 0 Å². The van der Waals surface area contributed by atoms with Gasteiger partial charge in [0.25, 0.3) is 0 Å². The smallest absolute Gasteiger partial charge is 0.132 e. The van der Waals surface area contributed by atoms with Crippen LogP contribution in [0.15, 0.2) is 0 Å². The van der Waals surface area contributed by atoms with Crippen molar-refractivity contribution in [3.05, 3.63) is 0 Å². The average molecular weight is 278 g/mol. The molecule has 0 heterocycles. The van der Waals surface area contributed by atoms with Crippen molar-refractivity contribution in [2.45, 2.75) is 78.1 Å². The molecule has 0 saturated heterocycles. The van der Waals surface area contributed by atoms with Crippen LogP contribution in [0.1, 0.15) is 78.1 Å². The minimum Gasteiger partial charge on any atom is -0.300 e. The van der Waals surface area contributed by atoms with Gasteiger partial charge in [-0.1, -0.05) is 26.7 Å². The maximum absolute atomic E-state index is 11.5. The molecule has 0 spiro atoms. The number of carbonyl (C=O) groups excluding carboxylic acids is 2. The van der Waals surface area contributed by atoms with E-state index in [4.69, 9.17) is 0 Å². The molecule has 20 heavy (non-hydrogen) atoms. The van der Waals surface area contributed by atoms with Gasteiger partial charge < -0.3 is 0 Å². The fourth-order valence-electron chi connectivity index (χ4n) is 4.75. The summed E-state index contributed by atoms with van der Waals surface area (Å²) in [5.74, 6) is 3.97. The Morgan fingerprint density at radius 1 is 0.750 bits per heavy atom. The Kier molecular flexibility index (Phi) is 5.80. The number of hydrogen-bond acceptors (Lipinski definition) is 2. The lowest BCUT2D eigenvalue weighted by Crippen LogP contribution is -2.33. The van der Waals surface area contributed by atoms with Gasteiger partial charge in [0.2, 0.25) is 0 Å². The third-order valence-corrected chi connectivity index (χ3v) is 5.88. The quantitative estimate of drug-likeness (QED) is 0.739. The Labute approximate surface area is 123 Å². The maximum atomic E-state index is 11.5. The van der Waals surface area contributed by atoms with E-state index in [0.717, 1.165) is 75.0 Å². The zero-order valence-corrected chi connectivity index (χ0v) is 13.2. The van der Waals surface area contributed by atoms with E-state index in [9.17, 15) is 9.59 Å². The van der Waals surface area contributed by atoms with E-state index in [-0.39, 0.29) is 0 Å². The van der Waals surface area contributed by atoms with Crippen molar-refractivity contribution in [1.29, 1.82) is 0 Å². The summed E-state index contributed by atoms with van der Waals surface area (Å²) in [5.41, 5.74) is 0. The SMILES string of the molecule is CCC(C1CCC(=O)CC1)[C@@H](CC)C1CCC(=O)CC1. The van der Waals surface area contributed by atoms with E-state index in [1.807, 2.05) is 0 Å². The molecule has 2 aliphatic carbocycles. The lowest BCUT2D eigenvalue weighted by Gasteiger charge is -2.40. The van der Waals surface area contributed by atoms with Crippen molar-refractivity contribution in [1.82, 2.24) is 0 Å². The van der Waals surface area contributed by atoms with Gasteiger partial charge in [-0.05, 0) is 49.4 Å². The van der Waals surface area contributed by atoms with Gasteiger partial charge in [0.1, 0.15) is 11.6 Å². The minimum atomic E-state index is 0.465. The van der Waals surface area contributed by atoms with Gasteiger partial charge in [0.05, 0.1) is 0 Å². The summed E-state index contributed by atoms with van der Waals surface area (Å²) in [6.07, 6.45) is 10.1. The highest BCUT2D eigenvalue weighted by atomic mass is 16.1. The van der Waals surface area contributed by atoms with Crippen LogP contribution in [0, 0.1) is 23.7 Å². The Hall–Kier alpha value is -0.660. The summed E-state index contributed by atoms with van der Waals surface area (Å²) < 4.78 is 0. The van der Waals surface area contributed by atoms with Crippen LogP contribution in [0.2, 0.25) is 0 Å². The van der Waals surface area contributed by atoms with Crippen molar-refractivity contribution >= 4 is 11.6 Å². The Morgan fingerprint density at radius 2 is 1.05 bits per heavy atom. The molecule has 0 aromatic carbocycles. The van der Waals surface area contributed by atoms with Crippen molar-refractivity contribution in [2.75, 3.05) is 0 Å². The number of carbonyl (C=O) groups is 2. The van der Waals surface area contributed by atoms with Gasteiger partial charge in [-0.3, -0.25) is 9.59 Å². The predicted molar refractivity (Wildman–Crippen MR) is 81.5 cm³/mol. The van der Waals surface area contributed by atoms with Crippen LogP contribution < -0.4 is 0 Å². The Morgan fingerprint density at radius 3 is 1.30 bits per heavy atom. The number of ketones is 2. The Bertz CT molecular complexity index is 293. The molecule has 2 fully saturated rings. The molecule has 2 saturated carbocycles. The van der Waals surface area contributed by atoms with E-state index >= 15 is 0 Å². The molecule has 2 aliphatic rings. The second kappa shape index (κ2) is 7.38. The minimum absolute atomic E-state index is 0.465. The second-order valence-electron chi connectivity index (χ2n) is 6.90. The fraction of sp³-hybridized carbons (Fsp3) is 0.889. The first-order valence-electron chi connectivity index (χ1n) is 8.69. The van der Waals surface area contributed by atoms with Crippen LogP contribution in [-0.2, 0) is 9.59 Å². The number of hydrogen-bond donors (Lipinski definition) is 0. The van der Waals surface area contributed by atoms with Gasteiger partial charge in [-0.2, -0.15) is 0 Å². The second-order valence-corrected chi connectivity index (χ2v) is 6.90. The largest absolute Gasteiger partial charge is 0.300 e. The molecule has 0 bridgehead atoms. The van der Waals surface area contributed by atoms with Gasteiger partial charge in [-0.15, -0.1) is 0 Å². The van der Waals surface area contributed by atoms with Crippen LogP contribution >= 0.6 is 0 Å². The molecule has 114 valence electrons. The molecular formula is C18H30O2. The summed E-state index contributed by atoms with van der Waals surface area (Å²) >= 11 is 0. The van der Waals surface area contributed by atoms with E-state index in [2.05, 4.69) is 13.8 Å². The molecule has 2 rings (SSSR count). The predicted octanol–water partition coefficient (Wildman–Crippen LogP) is 4.56. The number of rotatable bonds is 5. The fourth-order valence-corrected chi connectivity index (χ4v) is 4.75. The van der Waals surface area contributed by atoms with E-state index in [1.54, 1.807) is 0 Å². The molecular weight excluding hydrogens is 248 g/mol. The molecule has 0 amide bonds. The van der Waals surface area contributed by atoms with E-state index in [0.29, 0.717) is 11.6 Å². The standard InChI is InChI=1S/C18H30O2/c1-3-17(13-5-9-15(19)10-6-13)18(4-2)14-7-11-16(20)12-8-14/h13-14,17-18H,3-12H2,1-2H3/t17-,18?/m0/s1. The summed E-state index contributed by atoms with van der Waals surface area (Å²) in [6.45, 7) is 4.63. The van der Waals surface area contributed by atoms with Crippen molar-refractivity contribution in [2.24, 2.45) is 23.7 Å². The molecule has 2 atom stereocenters. The molecule has 0 radical (unpaired) electrons. The van der Waals surface area contributed by atoms with Crippen LogP contribution in [-0.4, -0.2) is 11.6 Å². The molecule has 0 aromatic rings. The Balaban J connectivity index is 1.99. The molecule has 0 aliphatic heterocycles. The summed E-state index contributed by atoms with van der Waals surface area (Å²) in [7, 11) is 0. The van der Waals surface area contributed by atoms with E-state index < -0.39 is 0 Å². The van der Waals surface area contributed by atoms with Gasteiger partial charge in [-0.25, -0.2) is 0 Å². The third-order valence-electron chi connectivity index (χ3n) is 5.88. The van der Waals surface area contributed by atoms with Gasteiger partial charge in [0, 0.05) is 25.7 Å². The molecule has 2 heteroatoms. The average Bonchev–Trinajstić information content (AvgIpc) is 2.47. The molecule has 1 unspecified atom stereocenters. The van der Waals surface area contributed by atoms with Crippen LogP contribution in [0.4, 0.5) is 0 Å². The van der Waals surface area contributed by atoms with Gasteiger partial charge >= 0.3 is 0 Å². The van der Waals surface area contributed by atoms with Gasteiger partial charge in [0.15, 0.2) is 0 Å². The molecule has 2 nitrogen and oxygen atoms in total. The van der Waals surface area contributed by atoms with Crippen LogP contribution in [0.3, 0.4) is 0 Å². The molecule has 0 aromatic heterocycles. The zero-order chi connectivity index (χ0) is 14.5. The van der Waals surface area contributed by atoms with Crippen LogP contribution in [0.25, 0.3) is 0 Å². The van der Waals surface area contributed by atoms with Crippen molar-refractivity contribution < 1.29 is 9.59 Å². The van der Waals surface area contributed by atoms with Crippen LogP contribution in [0.5, 0.6) is 0 Å². The topological polar surface area (TPSA) is 34.1 Å². The monoisotopic (exact) mass is 278 g/mol. The maximum Gasteiger partial charge on any atom is 0.132 e. The van der Waals surface area contributed by atoms with Crippen molar-refractivity contribution in [3.63, 3.8) is 0 Å². The number of Topliss-reactive ketones (excluding diaryl/α,β-unsaturated/α-hetero) is 2. The first-order chi connectivity index (χ1) is 9.65. The highest BCUT2D eigenvalue weighted by Gasteiger charge is 2.35. The van der Waals surface area contributed by atoms with E-state index in [1.165, 1.54) is 12.8 Å². The highest BCUT2D eigenvalue weighted by Crippen LogP contribution is 2.43. The lowest BCUT2D eigenvalue weighted by atomic mass is 9.65. The zero-order valence-electron chi connectivity index (χ0n) is 13.2. The first kappa shape index (κ1) is 15.7. The first-order valence-corrected chi connectivity index (χ1v) is 8.69. The summed E-state index contributed by atoms with van der Waals surface area (Å²) in [4.78, 5) is 22.9. The molecule has 0 N–H and O–H groups in total. The third kappa shape index (κ3) is 3.71. The highest BCUT2D eigenvalue weighted by molar-refractivity contribution is 5.79. The summed E-state index contributed by atoms with van der Waals surface area (Å²) in [5, 5.41) is 0. The lowest BCUT2D eigenvalue weighted by molar-refractivity contribution is -0.123. The normalized spacial score (nSPS) is 25.7. The summed E-state index contributed by atoms with van der Waals surface area (Å²) in [6, 6.07) is 0.